The van der Waals surface area contributed by atoms with Gasteiger partial charge >= 0.3 is 5.97 Å². The fraction of sp³-hybridized carbons (Fsp3) is 0.550. The van der Waals surface area contributed by atoms with Gasteiger partial charge in [0.25, 0.3) is 0 Å². The first kappa shape index (κ1) is 25.9. The minimum Gasteiger partial charge on any atom is -0.481 e. The zero-order valence-electron chi connectivity index (χ0n) is 17.5. The Kier molecular flexibility index (Phi) is 12.1. The summed E-state index contributed by atoms with van der Waals surface area (Å²) in [7, 11) is 0. The van der Waals surface area contributed by atoms with Crippen LogP contribution >= 0.6 is 11.8 Å². The molecular weight excluding hydrogens is 406 g/mol. The number of benzene rings is 1. The Hall–Kier alpha value is -2.14. The third kappa shape index (κ3) is 10.1. The van der Waals surface area contributed by atoms with E-state index in [1.165, 1.54) is 11.8 Å². The minimum absolute atomic E-state index is 0.0414. The van der Waals surface area contributed by atoms with Gasteiger partial charge in [0.15, 0.2) is 0 Å². The Bertz CT molecular complexity index is 684. The molecule has 1 aromatic rings. The summed E-state index contributed by atoms with van der Waals surface area (Å²) in [6.45, 7) is 4.21. The molecule has 0 aliphatic carbocycles. The second-order valence-corrected chi connectivity index (χ2v) is 8.41. The van der Waals surface area contributed by atoms with Crippen LogP contribution in [0.1, 0.15) is 38.7 Å². The maximum absolute atomic E-state index is 12.7. The summed E-state index contributed by atoms with van der Waals surface area (Å²) in [5.41, 5.74) is 10.1. The summed E-state index contributed by atoms with van der Waals surface area (Å²) in [5.74, 6) is 5.00. The van der Waals surface area contributed by atoms with Gasteiger partial charge in [0.2, 0.25) is 11.8 Å². The van der Waals surface area contributed by atoms with Crippen LogP contribution in [0.25, 0.3) is 0 Å². The monoisotopic (exact) mass is 439 g/mol. The van der Waals surface area contributed by atoms with Crippen LogP contribution in [-0.4, -0.2) is 47.3 Å². The van der Waals surface area contributed by atoms with Crippen molar-refractivity contribution in [3.8, 4) is 0 Å². The van der Waals surface area contributed by atoms with Crippen molar-refractivity contribution in [2.45, 2.75) is 50.9 Å². The smallest absolute Gasteiger partial charge is 0.304 e. The van der Waals surface area contributed by atoms with E-state index < -0.39 is 18.1 Å². The lowest BCUT2D eigenvalue weighted by Crippen LogP contribution is -2.51. The third-order valence-electron chi connectivity index (χ3n) is 4.42. The maximum Gasteiger partial charge on any atom is 0.304 e. The molecule has 0 fully saturated rings. The van der Waals surface area contributed by atoms with Gasteiger partial charge in [0.1, 0.15) is 6.04 Å². The van der Waals surface area contributed by atoms with Crippen molar-refractivity contribution >= 4 is 35.2 Å². The number of aliphatic carboxylic acids is 1. The van der Waals surface area contributed by atoms with Gasteiger partial charge in [-0.3, -0.25) is 25.7 Å². The van der Waals surface area contributed by atoms with Crippen LogP contribution in [0.3, 0.4) is 0 Å². The zero-order valence-corrected chi connectivity index (χ0v) is 18.3. The number of hydrazine groups is 1. The molecule has 0 aliphatic rings. The molecule has 30 heavy (non-hydrogen) atoms. The number of amides is 2. The van der Waals surface area contributed by atoms with Crippen LogP contribution in [0.15, 0.2) is 24.3 Å². The molecule has 8 N–H and O–H groups in total. The van der Waals surface area contributed by atoms with Crippen LogP contribution in [0, 0.1) is 5.92 Å². The first-order valence-electron chi connectivity index (χ1n) is 9.93. The highest BCUT2D eigenvalue weighted by Crippen LogP contribution is 2.16. The number of anilines is 1. The molecule has 0 bridgehead atoms. The summed E-state index contributed by atoms with van der Waals surface area (Å²) in [6.07, 6.45) is 1.16. The van der Waals surface area contributed by atoms with Gasteiger partial charge in [0.05, 0.1) is 12.5 Å². The first-order chi connectivity index (χ1) is 14.2. The maximum atomic E-state index is 12.7. The van der Waals surface area contributed by atoms with E-state index >= 15 is 0 Å². The van der Waals surface area contributed by atoms with Crippen molar-refractivity contribution in [1.29, 1.82) is 0 Å². The molecule has 0 heterocycles. The number of hydrogen-bond acceptors (Lipinski definition) is 7. The van der Waals surface area contributed by atoms with Crippen LogP contribution in [0.4, 0.5) is 5.69 Å². The van der Waals surface area contributed by atoms with Gasteiger partial charge in [-0.05, 0) is 36.5 Å². The van der Waals surface area contributed by atoms with E-state index in [0.717, 1.165) is 5.56 Å². The highest BCUT2D eigenvalue weighted by Gasteiger charge is 2.25. The van der Waals surface area contributed by atoms with Gasteiger partial charge in [-0.2, -0.15) is 11.8 Å². The topological polar surface area (TPSA) is 160 Å². The van der Waals surface area contributed by atoms with Gasteiger partial charge in [-0.1, -0.05) is 26.0 Å². The van der Waals surface area contributed by atoms with Crippen molar-refractivity contribution in [3.63, 3.8) is 0 Å². The molecule has 1 aromatic carbocycles. The average Bonchev–Trinajstić information content (AvgIpc) is 2.70. The number of carboxylic acid groups (broad SMARTS) is 1. The van der Waals surface area contributed by atoms with Crippen LogP contribution < -0.4 is 27.6 Å². The molecule has 1 rings (SSSR count). The molecule has 0 saturated carbocycles. The van der Waals surface area contributed by atoms with E-state index in [2.05, 4.69) is 16.1 Å². The third-order valence-corrected chi connectivity index (χ3v) is 5.45. The first-order valence-corrected chi connectivity index (χ1v) is 11.1. The van der Waals surface area contributed by atoms with Gasteiger partial charge < -0.3 is 21.5 Å². The molecule has 168 valence electrons. The summed E-state index contributed by atoms with van der Waals surface area (Å²) < 4.78 is 0. The largest absolute Gasteiger partial charge is 0.481 e. The van der Waals surface area contributed by atoms with E-state index in [1.807, 2.05) is 26.0 Å². The van der Waals surface area contributed by atoms with Crippen molar-refractivity contribution in [3.05, 3.63) is 29.8 Å². The van der Waals surface area contributed by atoms with E-state index in [4.69, 9.17) is 16.7 Å². The molecule has 9 nitrogen and oxygen atoms in total. The van der Waals surface area contributed by atoms with Gasteiger partial charge in [-0.25, -0.2) is 0 Å². The lowest BCUT2D eigenvalue weighted by Gasteiger charge is -2.22. The van der Waals surface area contributed by atoms with E-state index in [1.54, 1.807) is 12.1 Å². The minimum atomic E-state index is -0.807. The molecular formula is C20H33N5O4S. The standard InChI is InChI=1S/C20H33N5O4S/c1-13(2)18(21)20(29)25-16(4-3-10-23-22)19(28)24-15-7-5-14(6-8-15)12-30-11-9-17(26)27/h5-8,13,16,18,23H,3-4,9-12,21-22H2,1-2H3,(H,24,28)(H,25,29)(H,26,27)/t16-,18-/m0/s1. The number of carboxylic acids is 1. The Morgan fingerprint density at radius 2 is 1.80 bits per heavy atom. The highest BCUT2D eigenvalue weighted by molar-refractivity contribution is 7.98. The molecule has 0 radical (unpaired) electrons. The molecule has 0 aromatic heterocycles. The van der Waals surface area contributed by atoms with Crippen molar-refractivity contribution < 1.29 is 19.5 Å². The second-order valence-electron chi connectivity index (χ2n) is 7.31. The lowest BCUT2D eigenvalue weighted by atomic mass is 10.0. The highest BCUT2D eigenvalue weighted by atomic mass is 32.2. The molecule has 0 spiro atoms. The molecule has 0 saturated heterocycles. The molecule has 2 atom stereocenters. The lowest BCUT2D eigenvalue weighted by molar-refractivity contribution is -0.136. The summed E-state index contributed by atoms with van der Waals surface area (Å²) >= 11 is 1.54. The predicted octanol–water partition coefficient (Wildman–Crippen LogP) is 1.04. The number of carbonyl (C=O) groups is 3. The zero-order chi connectivity index (χ0) is 22.5. The van der Waals surface area contributed by atoms with E-state index in [0.29, 0.717) is 36.6 Å². The molecule has 10 heteroatoms. The van der Waals surface area contributed by atoms with Crippen molar-refractivity contribution in [1.82, 2.24) is 10.7 Å². The van der Waals surface area contributed by atoms with Gasteiger partial charge in [-0.15, -0.1) is 0 Å². The summed E-state index contributed by atoms with van der Waals surface area (Å²) in [4.78, 5) is 35.6. The number of nitrogens with one attached hydrogen (secondary N) is 3. The summed E-state index contributed by atoms with van der Waals surface area (Å²) in [5, 5.41) is 14.2. The second kappa shape index (κ2) is 14.0. The Balaban J connectivity index is 2.65. The van der Waals surface area contributed by atoms with E-state index in [9.17, 15) is 14.4 Å². The number of nitrogens with two attached hydrogens (primary N) is 2. The van der Waals surface area contributed by atoms with E-state index in [-0.39, 0.29) is 24.2 Å². The number of thioether (sulfide) groups is 1. The summed E-state index contributed by atoms with van der Waals surface area (Å²) in [6, 6.07) is 5.91. The number of carbonyl (C=O) groups excluding carboxylic acids is 2. The SMILES string of the molecule is CC(C)[C@H](N)C(=O)N[C@@H](CCCNN)C(=O)Nc1ccc(CSCCC(=O)O)cc1. The van der Waals surface area contributed by atoms with Crippen LogP contribution in [0.5, 0.6) is 0 Å². The fourth-order valence-corrected chi connectivity index (χ4v) is 3.40. The predicted molar refractivity (Wildman–Crippen MR) is 120 cm³/mol. The average molecular weight is 440 g/mol. The molecule has 2 amide bonds. The fourth-order valence-electron chi connectivity index (χ4n) is 2.51. The van der Waals surface area contributed by atoms with Crippen molar-refractivity contribution in [2.24, 2.45) is 17.5 Å². The van der Waals surface area contributed by atoms with Crippen LogP contribution in [0.2, 0.25) is 0 Å². The number of rotatable bonds is 14. The Morgan fingerprint density at radius 1 is 1.13 bits per heavy atom. The normalized spacial score (nSPS) is 13.0. The Morgan fingerprint density at radius 3 is 2.37 bits per heavy atom. The quantitative estimate of drug-likeness (QED) is 0.142. The number of hydrogen-bond donors (Lipinski definition) is 6. The molecule has 0 aliphatic heterocycles. The van der Waals surface area contributed by atoms with Crippen LogP contribution in [-0.2, 0) is 20.1 Å². The van der Waals surface area contributed by atoms with Gasteiger partial charge in [0, 0.05) is 23.7 Å². The van der Waals surface area contributed by atoms with Crippen molar-refractivity contribution in [2.75, 3.05) is 17.6 Å². The molecule has 0 unspecified atom stereocenters. The Labute approximate surface area is 181 Å².